The van der Waals surface area contributed by atoms with Gasteiger partial charge in [0.25, 0.3) is 0 Å². The second-order valence-corrected chi connectivity index (χ2v) is 9.81. The number of tetrazole rings is 1. The molecule has 2 saturated heterocycles. The molecule has 4 rings (SSSR count). The normalized spacial score (nSPS) is 22.1. The monoisotopic (exact) mass is 422 g/mol. The summed E-state index contributed by atoms with van der Waals surface area (Å²) in [6.07, 6.45) is 0.671. The Kier molecular flexibility index (Phi) is 5.34. The quantitative estimate of drug-likeness (QED) is 0.690. The number of sulfone groups is 1. The molecule has 0 aliphatic carbocycles. The van der Waals surface area contributed by atoms with Gasteiger partial charge in [-0.2, -0.15) is 4.80 Å². The van der Waals surface area contributed by atoms with E-state index in [1.807, 2.05) is 0 Å². The molecule has 156 valence electrons. The molecule has 1 aromatic carbocycles. The van der Waals surface area contributed by atoms with Crippen molar-refractivity contribution in [3.8, 4) is 11.4 Å². The molecule has 1 amide bonds. The Bertz CT molecular complexity index is 1020. The van der Waals surface area contributed by atoms with Crippen molar-refractivity contribution in [2.75, 3.05) is 37.7 Å². The fourth-order valence-electron chi connectivity index (χ4n) is 3.83. The highest BCUT2D eigenvalue weighted by Crippen LogP contribution is 2.20. The van der Waals surface area contributed by atoms with Crippen molar-refractivity contribution in [3.05, 3.63) is 29.6 Å². The Hall–Kier alpha value is -2.40. The zero-order valence-electron chi connectivity index (χ0n) is 16.2. The van der Waals surface area contributed by atoms with E-state index in [9.17, 15) is 17.6 Å². The van der Waals surface area contributed by atoms with Crippen molar-refractivity contribution in [3.63, 3.8) is 0 Å². The number of amides is 1. The van der Waals surface area contributed by atoms with Gasteiger partial charge < -0.3 is 4.90 Å². The van der Waals surface area contributed by atoms with Crippen molar-refractivity contribution in [2.24, 2.45) is 0 Å². The summed E-state index contributed by atoms with van der Waals surface area (Å²) < 4.78 is 36.8. The summed E-state index contributed by atoms with van der Waals surface area (Å²) in [6, 6.07) is 4.64. The molecule has 11 heteroatoms. The van der Waals surface area contributed by atoms with E-state index in [-0.39, 0.29) is 35.8 Å². The van der Waals surface area contributed by atoms with Crippen LogP contribution in [-0.4, -0.2) is 88.1 Å². The van der Waals surface area contributed by atoms with Crippen LogP contribution in [0.4, 0.5) is 4.39 Å². The standard InChI is InChI=1S/C18H23FN6O3S/c1-13-10-14(2-3-16(13)19)18-20-22-25(21-18)11-17(26)24-7-5-23(6-8-24)15-4-9-29(27,28)12-15/h2-3,10,15H,4-9,11-12H2,1H3. The van der Waals surface area contributed by atoms with Gasteiger partial charge in [-0.1, -0.05) is 0 Å². The zero-order valence-corrected chi connectivity index (χ0v) is 17.0. The number of benzene rings is 1. The number of rotatable bonds is 4. The largest absolute Gasteiger partial charge is 0.338 e. The minimum atomic E-state index is -2.91. The number of aromatic nitrogens is 4. The molecule has 1 atom stereocenters. The van der Waals surface area contributed by atoms with Crippen molar-refractivity contribution in [1.82, 2.24) is 30.0 Å². The van der Waals surface area contributed by atoms with Gasteiger partial charge in [-0.15, -0.1) is 10.2 Å². The highest BCUT2D eigenvalue weighted by atomic mass is 32.2. The number of piperazine rings is 1. The maximum Gasteiger partial charge on any atom is 0.246 e. The van der Waals surface area contributed by atoms with Crippen LogP contribution in [0, 0.1) is 12.7 Å². The van der Waals surface area contributed by atoms with E-state index >= 15 is 0 Å². The fraction of sp³-hybridized carbons (Fsp3) is 0.556. The van der Waals surface area contributed by atoms with Crippen LogP contribution < -0.4 is 0 Å². The minimum absolute atomic E-state index is 0.0228. The second-order valence-electron chi connectivity index (χ2n) is 7.58. The van der Waals surface area contributed by atoms with Gasteiger partial charge in [0.1, 0.15) is 12.4 Å². The Morgan fingerprint density at radius 3 is 2.66 bits per heavy atom. The molecule has 29 heavy (non-hydrogen) atoms. The molecule has 2 aromatic rings. The van der Waals surface area contributed by atoms with Gasteiger partial charge in [0.05, 0.1) is 11.5 Å². The maximum atomic E-state index is 13.4. The average Bonchev–Trinajstić information content (AvgIpc) is 3.30. The van der Waals surface area contributed by atoms with E-state index in [0.29, 0.717) is 49.6 Å². The molecular weight excluding hydrogens is 399 g/mol. The predicted molar refractivity (Wildman–Crippen MR) is 103 cm³/mol. The third kappa shape index (κ3) is 4.45. The molecule has 0 radical (unpaired) electrons. The molecule has 0 spiro atoms. The number of aryl methyl sites for hydroxylation is 1. The molecule has 2 fully saturated rings. The van der Waals surface area contributed by atoms with Gasteiger partial charge in [0.2, 0.25) is 11.7 Å². The van der Waals surface area contributed by atoms with Gasteiger partial charge in [0, 0.05) is 37.8 Å². The molecule has 1 aromatic heterocycles. The molecule has 0 N–H and O–H groups in total. The van der Waals surface area contributed by atoms with Crippen LogP contribution in [0.5, 0.6) is 0 Å². The van der Waals surface area contributed by atoms with E-state index in [1.165, 1.54) is 10.9 Å². The van der Waals surface area contributed by atoms with Crippen molar-refractivity contribution in [2.45, 2.75) is 25.9 Å². The van der Waals surface area contributed by atoms with E-state index in [4.69, 9.17) is 0 Å². The maximum absolute atomic E-state index is 13.4. The molecule has 2 aliphatic rings. The van der Waals surface area contributed by atoms with Crippen LogP contribution in [0.3, 0.4) is 0 Å². The smallest absolute Gasteiger partial charge is 0.246 e. The molecule has 3 heterocycles. The molecule has 9 nitrogen and oxygen atoms in total. The van der Waals surface area contributed by atoms with Crippen LogP contribution in [-0.2, 0) is 21.2 Å². The van der Waals surface area contributed by atoms with E-state index in [1.54, 1.807) is 24.0 Å². The fourth-order valence-corrected chi connectivity index (χ4v) is 5.59. The number of hydrogen-bond acceptors (Lipinski definition) is 7. The third-order valence-corrected chi connectivity index (χ3v) is 7.29. The highest BCUT2D eigenvalue weighted by molar-refractivity contribution is 7.91. The van der Waals surface area contributed by atoms with Gasteiger partial charge in [-0.3, -0.25) is 9.69 Å². The van der Waals surface area contributed by atoms with Gasteiger partial charge >= 0.3 is 0 Å². The van der Waals surface area contributed by atoms with Gasteiger partial charge in [-0.05, 0) is 42.3 Å². The lowest BCUT2D eigenvalue weighted by Gasteiger charge is -2.37. The Morgan fingerprint density at radius 1 is 1.24 bits per heavy atom. The minimum Gasteiger partial charge on any atom is -0.338 e. The summed E-state index contributed by atoms with van der Waals surface area (Å²) >= 11 is 0. The second kappa shape index (κ2) is 7.79. The van der Waals surface area contributed by atoms with E-state index in [2.05, 4.69) is 20.3 Å². The number of hydrogen-bond donors (Lipinski definition) is 0. The Morgan fingerprint density at radius 2 is 2.00 bits per heavy atom. The molecule has 0 bridgehead atoms. The molecule has 1 unspecified atom stereocenters. The van der Waals surface area contributed by atoms with Crippen LogP contribution >= 0.6 is 0 Å². The first-order valence-electron chi connectivity index (χ1n) is 9.57. The Balaban J connectivity index is 1.32. The summed E-state index contributed by atoms with van der Waals surface area (Å²) in [5.41, 5.74) is 1.13. The lowest BCUT2D eigenvalue weighted by atomic mass is 10.1. The lowest BCUT2D eigenvalue weighted by molar-refractivity contribution is -0.134. The van der Waals surface area contributed by atoms with E-state index < -0.39 is 9.84 Å². The van der Waals surface area contributed by atoms with Gasteiger partial charge in [-0.25, -0.2) is 12.8 Å². The summed E-state index contributed by atoms with van der Waals surface area (Å²) in [7, 11) is -2.91. The van der Waals surface area contributed by atoms with Crippen LogP contribution in [0.15, 0.2) is 18.2 Å². The van der Waals surface area contributed by atoms with Crippen LogP contribution in [0.2, 0.25) is 0 Å². The summed E-state index contributed by atoms with van der Waals surface area (Å²) in [5, 5.41) is 12.1. The first kappa shape index (κ1) is 19.9. The highest BCUT2D eigenvalue weighted by Gasteiger charge is 2.34. The van der Waals surface area contributed by atoms with Crippen molar-refractivity contribution < 1.29 is 17.6 Å². The Labute approximate surface area is 168 Å². The van der Waals surface area contributed by atoms with E-state index in [0.717, 1.165) is 0 Å². The zero-order chi connectivity index (χ0) is 20.6. The molecule has 0 saturated carbocycles. The molecular formula is C18H23FN6O3S. The SMILES string of the molecule is Cc1cc(-c2nnn(CC(=O)N3CCN(C4CCS(=O)(=O)C4)CC3)n2)ccc1F. The number of carbonyl (C=O) groups is 1. The summed E-state index contributed by atoms with van der Waals surface area (Å²) in [5.74, 6) is 0.405. The summed E-state index contributed by atoms with van der Waals surface area (Å²) in [6.45, 7) is 4.06. The average molecular weight is 422 g/mol. The van der Waals surface area contributed by atoms with Crippen molar-refractivity contribution >= 4 is 15.7 Å². The van der Waals surface area contributed by atoms with Crippen LogP contribution in [0.1, 0.15) is 12.0 Å². The number of nitrogens with zero attached hydrogens (tertiary/aromatic N) is 6. The lowest BCUT2D eigenvalue weighted by Crippen LogP contribution is -2.52. The first-order valence-corrected chi connectivity index (χ1v) is 11.4. The predicted octanol–water partition coefficient (Wildman–Crippen LogP) is 0.119. The summed E-state index contributed by atoms with van der Waals surface area (Å²) in [4.78, 5) is 17.7. The third-order valence-electron chi connectivity index (χ3n) is 5.54. The number of halogens is 1. The molecule has 2 aliphatic heterocycles. The number of carbonyl (C=O) groups excluding carboxylic acids is 1. The first-order chi connectivity index (χ1) is 13.8. The topological polar surface area (TPSA) is 101 Å². The van der Waals surface area contributed by atoms with Crippen LogP contribution in [0.25, 0.3) is 11.4 Å². The van der Waals surface area contributed by atoms with Crippen molar-refractivity contribution in [1.29, 1.82) is 0 Å². The van der Waals surface area contributed by atoms with Gasteiger partial charge in [0.15, 0.2) is 9.84 Å².